The van der Waals surface area contributed by atoms with E-state index >= 15 is 0 Å². The van der Waals surface area contributed by atoms with Crippen LogP contribution in [0.1, 0.15) is 41.6 Å². The fourth-order valence-corrected chi connectivity index (χ4v) is 4.59. The van der Waals surface area contributed by atoms with Gasteiger partial charge >= 0.3 is 5.97 Å². The lowest BCUT2D eigenvalue weighted by atomic mass is 9.87. The van der Waals surface area contributed by atoms with Crippen molar-refractivity contribution in [3.63, 3.8) is 0 Å². The highest BCUT2D eigenvalue weighted by molar-refractivity contribution is 6.36. The molecule has 6 heteroatoms. The maximum absolute atomic E-state index is 12.4. The minimum Gasteiger partial charge on any atom is -0.487 e. The normalized spacial score (nSPS) is 11.9. The van der Waals surface area contributed by atoms with Crippen LogP contribution < -0.4 is 4.74 Å². The van der Waals surface area contributed by atoms with Gasteiger partial charge in [-0.25, -0.2) is 4.98 Å². The van der Waals surface area contributed by atoms with Gasteiger partial charge in [0.2, 0.25) is 0 Å². The van der Waals surface area contributed by atoms with Crippen molar-refractivity contribution in [3.05, 3.63) is 105 Å². The summed E-state index contributed by atoms with van der Waals surface area (Å²) in [5, 5.41) is 1.98. The van der Waals surface area contributed by atoms with E-state index in [1.165, 1.54) is 0 Å². The van der Waals surface area contributed by atoms with E-state index in [4.69, 9.17) is 32.7 Å². The predicted octanol–water partition coefficient (Wildman–Crippen LogP) is 7.51. The van der Waals surface area contributed by atoms with Gasteiger partial charge in [0.05, 0.1) is 18.1 Å². The van der Waals surface area contributed by atoms with Gasteiger partial charge in [0.25, 0.3) is 0 Å². The third-order valence-corrected chi connectivity index (χ3v) is 6.46. The van der Waals surface area contributed by atoms with Gasteiger partial charge < -0.3 is 9.47 Å². The molecule has 4 nitrogen and oxygen atoms in total. The van der Waals surface area contributed by atoms with Crippen LogP contribution in [0, 0.1) is 6.92 Å². The SMILES string of the molecule is CCOC(=O)CC(c1ccccc1)c1ccc(Cl)c(COc2cccc3ccc(C)nc23)c1Cl. The molecule has 1 heterocycles. The monoisotopic (exact) mass is 493 g/mol. The molecule has 1 atom stereocenters. The Bertz CT molecular complexity index is 1310. The number of para-hydroxylation sites is 1. The molecule has 4 aromatic rings. The quantitative estimate of drug-likeness (QED) is 0.238. The maximum Gasteiger partial charge on any atom is 0.306 e. The lowest BCUT2D eigenvalue weighted by Crippen LogP contribution is -2.13. The summed E-state index contributed by atoms with van der Waals surface area (Å²) in [5.41, 5.74) is 4.13. The molecular formula is C28H25Cl2NO3. The van der Waals surface area contributed by atoms with Crippen LogP contribution in [-0.4, -0.2) is 17.6 Å². The zero-order valence-corrected chi connectivity index (χ0v) is 20.6. The number of benzene rings is 3. The molecule has 0 N–H and O–H groups in total. The molecule has 174 valence electrons. The van der Waals surface area contributed by atoms with Crippen LogP contribution in [0.25, 0.3) is 10.9 Å². The Morgan fingerprint density at radius 2 is 1.76 bits per heavy atom. The Morgan fingerprint density at radius 1 is 0.971 bits per heavy atom. The molecule has 0 aliphatic rings. The molecule has 34 heavy (non-hydrogen) atoms. The Balaban J connectivity index is 1.68. The van der Waals surface area contributed by atoms with Crippen LogP contribution in [0.15, 0.2) is 72.8 Å². The average molecular weight is 494 g/mol. The number of aryl methyl sites for hydroxylation is 1. The molecule has 0 spiro atoms. The van der Waals surface area contributed by atoms with Crippen molar-refractivity contribution in [3.8, 4) is 5.75 Å². The van der Waals surface area contributed by atoms with Crippen LogP contribution in [0.5, 0.6) is 5.75 Å². The molecular weight excluding hydrogens is 469 g/mol. The first-order chi connectivity index (χ1) is 16.5. The number of hydrogen-bond donors (Lipinski definition) is 0. The van der Waals surface area contributed by atoms with Crippen molar-refractivity contribution < 1.29 is 14.3 Å². The second kappa shape index (κ2) is 10.9. The smallest absolute Gasteiger partial charge is 0.306 e. The molecule has 0 saturated heterocycles. The van der Waals surface area contributed by atoms with Gasteiger partial charge in [-0.15, -0.1) is 0 Å². The predicted molar refractivity (Wildman–Crippen MR) is 137 cm³/mol. The number of esters is 1. The number of fused-ring (bicyclic) bond motifs is 1. The van der Waals surface area contributed by atoms with E-state index in [1.807, 2.05) is 73.7 Å². The average Bonchev–Trinajstić information content (AvgIpc) is 2.84. The first-order valence-corrected chi connectivity index (χ1v) is 11.9. The third-order valence-electron chi connectivity index (χ3n) is 5.66. The summed E-state index contributed by atoms with van der Waals surface area (Å²) in [7, 11) is 0. The zero-order valence-electron chi connectivity index (χ0n) is 19.1. The van der Waals surface area contributed by atoms with Crippen molar-refractivity contribution in [2.45, 2.75) is 32.8 Å². The highest BCUT2D eigenvalue weighted by Gasteiger charge is 2.24. The standard InChI is InChI=1S/C28H25Cl2NO3/c1-3-33-26(32)16-22(19-8-5-4-6-9-19)21-14-15-24(29)23(27(21)30)17-34-25-11-7-10-20-13-12-18(2)31-28(20)25/h4-15,22H,3,16-17H2,1-2H3. The lowest BCUT2D eigenvalue weighted by molar-refractivity contribution is -0.143. The van der Waals surface area contributed by atoms with Crippen molar-refractivity contribution in [2.24, 2.45) is 0 Å². The number of ether oxygens (including phenoxy) is 2. The first-order valence-electron chi connectivity index (χ1n) is 11.1. The highest BCUT2D eigenvalue weighted by Crippen LogP contribution is 2.38. The van der Waals surface area contributed by atoms with Crippen molar-refractivity contribution in [1.82, 2.24) is 4.98 Å². The topological polar surface area (TPSA) is 48.4 Å². The summed E-state index contributed by atoms with van der Waals surface area (Å²) in [6, 6.07) is 23.2. The van der Waals surface area contributed by atoms with Gasteiger partial charge in [-0.2, -0.15) is 0 Å². The molecule has 1 unspecified atom stereocenters. The van der Waals surface area contributed by atoms with E-state index in [0.717, 1.165) is 27.7 Å². The molecule has 0 bridgehead atoms. The van der Waals surface area contributed by atoms with Crippen LogP contribution in [0.3, 0.4) is 0 Å². The summed E-state index contributed by atoms with van der Waals surface area (Å²) in [6.45, 7) is 4.23. The maximum atomic E-state index is 12.4. The van der Waals surface area contributed by atoms with E-state index < -0.39 is 0 Å². The molecule has 1 aromatic heterocycles. The number of hydrogen-bond acceptors (Lipinski definition) is 4. The van der Waals surface area contributed by atoms with Crippen LogP contribution in [0.4, 0.5) is 0 Å². The van der Waals surface area contributed by atoms with E-state index in [0.29, 0.717) is 28.0 Å². The Morgan fingerprint density at radius 3 is 2.53 bits per heavy atom. The minimum absolute atomic E-state index is 0.168. The second-order valence-electron chi connectivity index (χ2n) is 7.97. The molecule has 4 rings (SSSR count). The molecule has 0 amide bonds. The summed E-state index contributed by atoms with van der Waals surface area (Å²) in [4.78, 5) is 17.0. The van der Waals surface area contributed by atoms with Gasteiger partial charge in [-0.3, -0.25) is 4.79 Å². The van der Waals surface area contributed by atoms with E-state index in [-0.39, 0.29) is 24.9 Å². The van der Waals surface area contributed by atoms with Crippen LogP contribution >= 0.6 is 23.2 Å². The van der Waals surface area contributed by atoms with Crippen molar-refractivity contribution in [1.29, 1.82) is 0 Å². The summed E-state index contributed by atoms with van der Waals surface area (Å²) in [6.07, 6.45) is 0.173. The molecule has 3 aromatic carbocycles. The largest absolute Gasteiger partial charge is 0.487 e. The van der Waals surface area contributed by atoms with Gasteiger partial charge in [0, 0.05) is 27.6 Å². The summed E-state index contributed by atoms with van der Waals surface area (Å²) in [5.74, 6) is 0.105. The van der Waals surface area contributed by atoms with Crippen molar-refractivity contribution in [2.75, 3.05) is 6.61 Å². The van der Waals surface area contributed by atoms with Crippen LogP contribution in [0.2, 0.25) is 10.0 Å². The Kier molecular flexibility index (Phi) is 7.71. The summed E-state index contributed by atoms with van der Waals surface area (Å²) < 4.78 is 11.4. The number of halogens is 2. The summed E-state index contributed by atoms with van der Waals surface area (Å²) >= 11 is 13.4. The number of pyridine rings is 1. The van der Waals surface area contributed by atoms with Gasteiger partial charge in [0.1, 0.15) is 17.9 Å². The van der Waals surface area contributed by atoms with E-state index in [9.17, 15) is 4.79 Å². The van der Waals surface area contributed by atoms with Crippen LogP contribution in [-0.2, 0) is 16.1 Å². The van der Waals surface area contributed by atoms with E-state index in [1.54, 1.807) is 13.0 Å². The number of carbonyl (C=O) groups is 1. The second-order valence-corrected chi connectivity index (χ2v) is 8.76. The molecule has 0 fully saturated rings. The number of carbonyl (C=O) groups excluding carboxylic acids is 1. The molecule has 0 aliphatic heterocycles. The molecule has 0 aliphatic carbocycles. The van der Waals surface area contributed by atoms with Crippen molar-refractivity contribution >= 4 is 40.1 Å². The lowest BCUT2D eigenvalue weighted by Gasteiger charge is -2.21. The van der Waals surface area contributed by atoms with Gasteiger partial charge in [-0.1, -0.05) is 77.8 Å². The number of nitrogens with zero attached hydrogens (tertiary/aromatic N) is 1. The van der Waals surface area contributed by atoms with E-state index in [2.05, 4.69) is 4.98 Å². The molecule has 0 radical (unpaired) electrons. The number of aromatic nitrogens is 1. The molecule has 0 saturated carbocycles. The fourth-order valence-electron chi connectivity index (χ4n) is 3.98. The number of rotatable bonds is 8. The Hall–Kier alpha value is -3.08. The zero-order chi connectivity index (χ0) is 24.1. The third kappa shape index (κ3) is 5.35. The first kappa shape index (κ1) is 24.1. The Labute approximate surface area is 209 Å². The fraction of sp³-hybridized carbons (Fsp3) is 0.214. The minimum atomic E-state index is -0.280. The highest BCUT2D eigenvalue weighted by atomic mass is 35.5. The van der Waals surface area contributed by atoms with Gasteiger partial charge in [0.15, 0.2) is 0 Å². The van der Waals surface area contributed by atoms with Gasteiger partial charge in [-0.05, 0) is 43.2 Å².